The van der Waals surface area contributed by atoms with Crippen LogP contribution in [0, 0.1) is 0 Å². The Morgan fingerprint density at radius 1 is 1.16 bits per heavy atom. The van der Waals surface area contributed by atoms with E-state index in [2.05, 4.69) is 10.3 Å². The van der Waals surface area contributed by atoms with Crippen molar-refractivity contribution in [1.29, 1.82) is 0 Å². The van der Waals surface area contributed by atoms with E-state index < -0.39 is 0 Å². The van der Waals surface area contributed by atoms with Crippen molar-refractivity contribution in [2.75, 3.05) is 12.4 Å². The molecule has 0 bridgehead atoms. The molecule has 2 heterocycles. The molecule has 25 heavy (non-hydrogen) atoms. The van der Waals surface area contributed by atoms with E-state index in [1.54, 1.807) is 13.2 Å². The number of nitrogens with one attached hydrogen (secondary N) is 1. The number of amides is 1. The van der Waals surface area contributed by atoms with Crippen molar-refractivity contribution in [3.63, 3.8) is 0 Å². The smallest absolute Gasteiger partial charge is 0.293 e. The van der Waals surface area contributed by atoms with Gasteiger partial charge >= 0.3 is 0 Å². The number of hydrogen-bond donors (Lipinski definition) is 1. The molecule has 0 spiro atoms. The quantitative estimate of drug-likeness (QED) is 0.573. The van der Waals surface area contributed by atoms with Crippen LogP contribution < -0.4 is 10.1 Å². The van der Waals surface area contributed by atoms with Crippen molar-refractivity contribution in [2.24, 2.45) is 0 Å². The summed E-state index contributed by atoms with van der Waals surface area (Å²) < 4.78 is 10.8. The van der Waals surface area contributed by atoms with Gasteiger partial charge in [0.05, 0.1) is 12.8 Å². The van der Waals surface area contributed by atoms with Crippen LogP contribution in [0.4, 0.5) is 5.13 Å². The number of fused-ring (bicyclic) bond motifs is 1. The fourth-order valence-corrected chi connectivity index (χ4v) is 3.21. The number of nitrogens with zero attached hydrogens (tertiary/aromatic N) is 1. The van der Waals surface area contributed by atoms with Gasteiger partial charge in [-0.3, -0.25) is 10.1 Å². The van der Waals surface area contributed by atoms with Crippen LogP contribution in [-0.4, -0.2) is 18.0 Å². The molecular formula is C19H14N2O3S. The van der Waals surface area contributed by atoms with E-state index in [1.807, 2.05) is 53.9 Å². The molecule has 0 unspecified atom stereocenters. The highest BCUT2D eigenvalue weighted by atomic mass is 32.1. The van der Waals surface area contributed by atoms with Crippen LogP contribution in [0.2, 0.25) is 0 Å². The van der Waals surface area contributed by atoms with Gasteiger partial charge in [-0.25, -0.2) is 4.98 Å². The molecule has 4 aromatic rings. The first-order valence-corrected chi connectivity index (χ1v) is 8.51. The fraction of sp³-hybridized carbons (Fsp3) is 0.0526. The molecular weight excluding hydrogens is 336 g/mol. The number of methoxy groups -OCH3 is 1. The van der Waals surface area contributed by atoms with Crippen LogP contribution in [0.25, 0.3) is 22.2 Å². The van der Waals surface area contributed by atoms with Crippen LogP contribution in [0.5, 0.6) is 5.75 Å². The van der Waals surface area contributed by atoms with E-state index in [9.17, 15) is 4.79 Å². The molecule has 0 aliphatic carbocycles. The summed E-state index contributed by atoms with van der Waals surface area (Å²) in [6.07, 6.45) is 0. The largest absolute Gasteiger partial charge is 0.497 e. The fourth-order valence-electron chi connectivity index (χ4n) is 2.50. The monoisotopic (exact) mass is 350 g/mol. The molecule has 1 N–H and O–H groups in total. The summed E-state index contributed by atoms with van der Waals surface area (Å²) in [4.78, 5) is 16.8. The summed E-state index contributed by atoms with van der Waals surface area (Å²) in [6.45, 7) is 0. The zero-order valence-corrected chi connectivity index (χ0v) is 14.2. The van der Waals surface area contributed by atoms with E-state index in [-0.39, 0.29) is 11.7 Å². The molecule has 4 rings (SSSR count). The summed E-state index contributed by atoms with van der Waals surface area (Å²) in [5.41, 5.74) is 2.40. The number of carbonyl (C=O) groups is 1. The topological polar surface area (TPSA) is 64.4 Å². The molecule has 0 atom stereocenters. The average molecular weight is 350 g/mol. The molecule has 5 nitrogen and oxygen atoms in total. The van der Waals surface area contributed by atoms with Gasteiger partial charge in [0.25, 0.3) is 5.91 Å². The number of para-hydroxylation sites is 1. The molecule has 0 aliphatic rings. The van der Waals surface area contributed by atoms with Crippen LogP contribution in [0.15, 0.2) is 64.4 Å². The summed E-state index contributed by atoms with van der Waals surface area (Å²) in [5, 5.41) is 6.08. The number of carbonyl (C=O) groups excluding carboxylic acids is 1. The molecule has 1 amide bonds. The third-order valence-corrected chi connectivity index (χ3v) is 4.50. The lowest BCUT2D eigenvalue weighted by molar-refractivity contribution is 0.0998. The minimum Gasteiger partial charge on any atom is -0.497 e. The van der Waals surface area contributed by atoms with Gasteiger partial charge in [0.1, 0.15) is 11.3 Å². The Balaban J connectivity index is 1.55. The zero-order valence-electron chi connectivity index (χ0n) is 13.4. The second kappa shape index (κ2) is 6.41. The van der Waals surface area contributed by atoms with Gasteiger partial charge < -0.3 is 9.15 Å². The standard InChI is InChI=1S/C19H14N2O3S/c1-23-14-7-4-6-12(9-14)15-11-25-19(20-15)21-18(22)17-10-13-5-2-3-8-16(13)24-17/h2-11H,1H3,(H,20,21,22). The van der Waals surface area contributed by atoms with E-state index >= 15 is 0 Å². The number of anilines is 1. The highest BCUT2D eigenvalue weighted by Gasteiger charge is 2.14. The van der Waals surface area contributed by atoms with Gasteiger partial charge in [-0.1, -0.05) is 30.3 Å². The van der Waals surface area contributed by atoms with Gasteiger partial charge in [0.15, 0.2) is 10.9 Å². The number of thiazole rings is 1. The highest BCUT2D eigenvalue weighted by Crippen LogP contribution is 2.28. The van der Waals surface area contributed by atoms with E-state index in [4.69, 9.17) is 9.15 Å². The number of aromatic nitrogens is 1. The van der Waals surface area contributed by atoms with E-state index in [0.29, 0.717) is 10.7 Å². The predicted octanol–water partition coefficient (Wildman–Crippen LogP) is 4.82. The summed E-state index contributed by atoms with van der Waals surface area (Å²) in [7, 11) is 1.62. The van der Waals surface area contributed by atoms with Crippen LogP contribution in [0.1, 0.15) is 10.6 Å². The number of benzene rings is 2. The highest BCUT2D eigenvalue weighted by molar-refractivity contribution is 7.14. The Morgan fingerprint density at radius 2 is 2.04 bits per heavy atom. The van der Waals surface area contributed by atoms with Gasteiger partial charge in [-0.2, -0.15) is 0 Å². The minimum absolute atomic E-state index is 0.263. The summed E-state index contributed by atoms with van der Waals surface area (Å²) in [6, 6.07) is 16.9. The van der Waals surface area contributed by atoms with Gasteiger partial charge in [-0.05, 0) is 24.3 Å². The van der Waals surface area contributed by atoms with E-state index in [0.717, 1.165) is 22.4 Å². The Kier molecular flexibility index (Phi) is 3.95. The third kappa shape index (κ3) is 3.12. The normalized spacial score (nSPS) is 10.8. The van der Waals surface area contributed by atoms with Crippen molar-refractivity contribution >= 4 is 33.3 Å². The van der Waals surface area contributed by atoms with Gasteiger partial charge in [0.2, 0.25) is 0 Å². The van der Waals surface area contributed by atoms with Gasteiger partial charge in [0, 0.05) is 16.3 Å². The first-order chi connectivity index (χ1) is 12.2. The maximum Gasteiger partial charge on any atom is 0.293 e. The molecule has 124 valence electrons. The SMILES string of the molecule is COc1cccc(-c2csc(NC(=O)c3cc4ccccc4o3)n2)c1. The minimum atomic E-state index is -0.317. The molecule has 2 aromatic heterocycles. The first kappa shape index (κ1) is 15.4. The molecule has 0 fully saturated rings. The van der Waals surface area contributed by atoms with E-state index in [1.165, 1.54) is 11.3 Å². The van der Waals surface area contributed by atoms with Crippen molar-refractivity contribution < 1.29 is 13.9 Å². The van der Waals surface area contributed by atoms with Crippen molar-refractivity contribution in [3.8, 4) is 17.0 Å². The van der Waals surface area contributed by atoms with Crippen molar-refractivity contribution in [3.05, 3.63) is 65.7 Å². The van der Waals surface area contributed by atoms with Gasteiger partial charge in [-0.15, -0.1) is 11.3 Å². The van der Waals surface area contributed by atoms with Crippen molar-refractivity contribution in [2.45, 2.75) is 0 Å². The number of ether oxygens (including phenoxy) is 1. The predicted molar refractivity (Wildman–Crippen MR) is 98.3 cm³/mol. The maximum atomic E-state index is 12.4. The lowest BCUT2D eigenvalue weighted by Crippen LogP contribution is -2.10. The molecule has 6 heteroatoms. The summed E-state index contributed by atoms with van der Waals surface area (Å²) in [5.74, 6) is 0.709. The van der Waals surface area contributed by atoms with Crippen molar-refractivity contribution in [1.82, 2.24) is 4.98 Å². The molecule has 0 saturated carbocycles. The number of rotatable bonds is 4. The lowest BCUT2D eigenvalue weighted by Gasteiger charge is -2.01. The molecule has 0 aliphatic heterocycles. The third-order valence-electron chi connectivity index (χ3n) is 3.74. The Bertz CT molecular complexity index is 1020. The Hall–Kier alpha value is -3.12. The second-order valence-corrected chi connectivity index (χ2v) is 6.23. The zero-order chi connectivity index (χ0) is 17.2. The van der Waals surface area contributed by atoms with Crippen LogP contribution in [0.3, 0.4) is 0 Å². The number of hydrogen-bond acceptors (Lipinski definition) is 5. The lowest BCUT2D eigenvalue weighted by atomic mass is 10.2. The van der Waals surface area contributed by atoms with Crippen LogP contribution in [-0.2, 0) is 0 Å². The summed E-state index contributed by atoms with van der Waals surface area (Å²) >= 11 is 1.36. The Morgan fingerprint density at radius 3 is 2.88 bits per heavy atom. The second-order valence-electron chi connectivity index (χ2n) is 5.37. The average Bonchev–Trinajstić information content (AvgIpc) is 3.28. The number of furan rings is 1. The van der Waals surface area contributed by atoms with Crippen LogP contribution >= 0.6 is 11.3 Å². The maximum absolute atomic E-state index is 12.4. The molecule has 2 aromatic carbocycles. The molecule has 0 saturated heterocycles. The first-order valence-electron chi connectivity index (χ1n) is 7.63. The molecule has 0 radical (unpaired) electrons. The Labute approximate surface area is 147 Å².